The summed E-state index contributed by atoms with van der Waals surface area (Å²) in [5.41, 5.74) is 0.860. The summed E-state index contributed by atoms with van der Waals surface area (Å²) in [6.07, 6.45) is -0.939. The number of aromatic nitrogens is 1. The second-order valence-corrected chi connectivity index (χ2v) is 7.92. The molecule has 1 atom stereocenters. The van der Waals surface area contributed by atoms with Crippen LogP contribution in [0.2, 0.25) is 0 Å². The Morgan fingerprint density at radius 2 is 1.86 bits per heavy atom. The molecule has 0 spiro atoms. The van der Waals surface area contributed by atoms with Crippen LogP contribution in [0.4, 0.5) is 5.69 Å². The van der Waals surface area contributed by atoms with Gasteiger partial charge in [-0.3, -0.25) is 4.79 Å². The summed E-state index contributed by atoms with van der Waals surface area (Å²) in [6.45, 7) is 1.54. The van der Waals surface area contributed by atoms with Crippen molar-refractivity contribution in [3.05, 3.63) is 71.1 Å². The number of fused-ring (bicyclic) bond motifs is 1. The lowest BCUT2D eigenvalue weighted by molar-refractivity contribution is -0.123. The fraction of sp³-hybridized carbons (Fsp3) is 0.0952. The zero-order valence-corrected chi connectivity index (χ0v) is 16.5. The molecule has 0 radical (unpaired) electrons. The number of amides is 1. The van der Waals surface area contributed by atoms with Crippen molar-refractivity contribution in [2.45, 2.75) is 13.0 Å². The van der Waals surface area contributed by atoms with Gasteiger partial charge in [0.05, 0.1) is 4.88 Å². The molecule has 0 aliphatic heterocycles. The smallest absolute Gasteiger partial charge is 0.358 e. The van der Waals surface area contributed by atoms with Crippen LogP contribution in [0.5, 0.6) is 0 Å². The number of benzene rings is 2. The molecule has 2 aromatic heterocycles. The van der Waals surface area contributed by atoms with Crippen molar-refractivity contribution in [1.82, 2.24) is 4.98 Å². The molecule has 140 valence electrons. The third-order valence-corrected chi connectivity index (χ3v) is 6.00. The number of carbonyl (C=O) groups is 2. The van der Waals surface area contributed by atoms with E-state index in [-0.39, 0.29) is 5.69 Å². The minimum Gasteiger partial charge on any atom is -0.448 e. The summed E-state index contributed by atoms with van der Waals surface area (Å²) < 4.78 is 5.29. The number of thiophene rings is 1. The molecule has 0 aliphatic rings. The van der Waals surface area contributed by atoms with Crippen LogP contribution in [0.1, 0.15) is 17.4 Å². The Balaban J connectivity index is 1.40. The van der Waals surface area contributed by atoms with Crippen LogP contribution in [-0.4, -0.2) is 23.0 Å². The fourth-order valence-corrected chi connectivity index (χ4v) is 4.27. The first-order valence-electron chi connectivity index (χ1n) is 8.60. The van der Waals surface area contributed by atoms with Crippen LogP contribution in [0.25, 0.3) is 20.7 Å². The monoisotopic (exact) mass is 408 g/mol. The van der Waals surface area contributed by atoms with Crippen molar-refractivity contribution >= 4 is 51.0 Å². The number of hydrogen-bond donors (Lipinski definition) is 1. The summed E-state index contributed by atoms with van der Waals surface area (Å²) in [5, 5.41) is 9.25. The molecular formula is C21H16N2O3S2. The molecule has 4 aromatic rings. The Kier molecular flexibility index (Phi) is 5.18. The number of thiazole rings is 1. The first-order chi connectivity index (χ1) is 13.6. The van der Waals surface area contributed by atoms with Gasteiger partial charge in [-0.25, -0.2) is 9.78 Å². The molecule has 0 bridgehead atoms. The molecule has 0 fully saturated rings. The largest absolute Gasteiger partial charge is 0.448 e. The Morgan fingerprint density at radius 1 is 1.04 bits per heavy atom. The molecular weight excluding hydrogens is 392 g/mol. The predicted octanol–water partition coefficient (Wildman–Crippen LogP) is 5.21. The van der Waals surface area contributed by atoms with E-state index in [2.05, 4.69) is 10.3 Å². The van der Waals surface area contributed by atoms with Gasteiger partial charge in [-0.2, -0.15) is 0 Å². The standard InChI is InChI=1S/C21H16N2O3S2/c1-13(19(24)22-16-9-8-14-5-2-3-6-15(14)11-16)26-21(25)17-12-28-20(23-17)18-7-4-10-27-18/h2-13H,1H3,(H,22,24)/t13-/m1/s1. The van der Waals surface area contributed by atoms with Gasteiger partial charge in [-0.1, -0.05) is 36.4 Å². The maximum Gasteiger partial charge on any atom is 0.358 e. The predicted molar refractivity (Wildman–Crippen MR) is 113 cm³/mol. The van der Waals surface area contributed by atoms with E-state index in [1.54, 1.807) is 23.6 Å². The Morgan fingerprint density at radius 3 is 2.64 bits per heavy atom. The first kappa shape index (κ1) is 18.3. The first-order valence-corrected chi connectivity index (χ1v) is 10.4. The summed E-state index contributed by atoms with van der Waals surface area (Å²) in [6, 6.07) is 17.4. The summed E-state index contributed by atoms with van der Waals surface area (Å²) >= 11 is 2.93. The molecule has 1 amide bonds. The average molecular weight is 409 g/mol. The number of ether oxygens (including phenoxy) is 1. The number of carbonyl (C=O) groups excluding carboxylic acids is 2. The highest BCUT2D eigenvalue weighted by molar-refractivity contribution is 7.20. The second kappa shape index (κ2) is 7.92. The van der Waals surface area contributed by atoms with Gasteiger partial charge in [0.25, 0.3) is 5.91 Å². The summed E-state index contributed by atoms with van der Waals surface area (Å²) in [5.74, 6) is -1.00. The highest BCUT2D eigenvalue weighted by atomic mass is 32.1. The molecule has 5 nitrogen and oxygen atoms in total. The number of nitrogens with one attached hydrogen (secondary N) is 1. The molecule has 7 heteroatoms. The highest BCUT2D eigenvalue weighted by Crippen LogP contribution is 2.28. The van der Waals surface area contributed by atoms with Crippen LogP contribution in [0.3, 0.4) is 0 Å². The summed E-state index contributed by atoms with van der Waals surface area (Å²) in [4.78, 5) is 30.0. The average Bonchev–Trinajstić information content (AvgIpc) is 3.39. The van der Waals surface area contributed by atoms with E-state index < -0.39 is 18.0 Å². The van der Waals surface area contributed by atoms with Gasteiger partial charge in [0.15, 0.2) is 11.8 Å². The number of anilines is 1. The van der Waals surface area contributed by atoms with Crippen molar-refractivity contribution < 1.29 is 14.3 Å². The van der Waals surface area contributed by atoms with E-state index in [9.17, 15) is 9.59 Å². The van der Waals surface area contributed by atoms with Gasteiger partial charge in [0.2, 0.25) is 0 Å². The Hall–Kier alpha value is -3.03. The molecule has 1 N–H and O–H groups in total. The highest BCUT2D eigenvalue weighted by Gasteiger charge is 2.21. The topological polar surface area (TPSA) is 68.3 Å². The van der Waals surface area contributed by atoms with Crippen molar-refractivity contribution in [3.63, 3.8) is 0 Å². The minimum absolute atomic E-state index is 0.207. The van der Waals surface area contributed by atoms with Gasteiger partial charge in [0, 0.05) is 11.1 Å². The molecule has 0 unspecified atom stereocenters. The fourth-order valence-electron chi connectivity index (χ4n) is 2.67. The van der Waals surface area contributed by atoms with Crippen molar-refractivity contribution in [2.75, 3.05) is 5.32 Å². The van der Waals surface area contributed by atoms with E-state index in [1.807, 2.05) is 60.0 Å². The van der Waals surface area contributed by atoms with Crippen LogP contribution >= 0.6 is 22.7 Å². The molecule has 2 heterocycles. The second-order valence-electron chi connectivity index (χ2n) is 6.11. The number of nitrogens with zero attached hydrogens (tertiary/aromatic N) is 1. The van der Waals surface area contributed by atoms with Crippen LogP contribution in [0, 0.1) is 0 Å². The number of hydrogen-bond acceptors (Lipinski definition) is 6. The van der Waals surface area contributed by atoms with E-state index in [4.69, 9.17) is 4.74 Å². The molecule has 28 heavy (non-hydrogen) atoms. The minimum atomic E-state index is -0.939. The number of rotatable bonds is 5. The molecule has 0 saturated heterocycles. The van der Waals surface area contributed by atoms with Gasteiger partial charge < -0.3 is 10.1 Å². The zero-order chi connectivity index (χ0) is 19.5. The van der Waals surface area contributed by atoms with E-state index >= 15 is 0 Å². The molecule has 2 aromatic carbocycles. The van der Waals surface area contributed by atoms with Crippen LogP contribution in [0.15, 0.2) is 65.4 Å². The van der Waals surface area contributed by atoms with Gasteiger partial charge in [0.1, 0.15) is 5.01 Å². The molecule has 4 rings (SSSR count). The summed E-state index contributed by atoms with van der Waals surface area (Å²) in [7, 11) is 0. The lowest BCUT2D eigenvalue weighted by Crippen LogP contribution is -2.30. The van der Waals surface area contributed by atoms with Crippen molar-refractivity contribution in [2.24, 2.45) is 0 Å². The van der Waals surface area contributed by atoms with Crippen molar-refractivity contribution in [3.8, 4) is 9.88 Å². The number of esters is 1. The SMILES string of the molecule is C[C@@H](OC(=O)c1csc(-c2cccs2)n1)C(=O)Nc1ccc2ccccc2c1. The maximum atomic E-state index is 12.4. The Bertz CT molecular complexity index is 1140. The normalized spacial score (nSPS) is 11.9. The van der Waals surface area contributed by atoms with E-state index in [0.29, 0.717) is 5.69 Å². The maximum absolute atomic E-state index is 12.4. The van der Waals surface area contributed by atoms with Crippen LogP contribution < -0.4 is 5.32 Å². The van der Waals surface area contributed by atoms with Gasteiger partial charge in [-0.05, 0) is 41.3 Å². The van der Waals surface area contributed by atoms with Crippen molar-refractivity contribution in [1.29, 1.82) is 0 Å². The van der Waals surface area contributed by atoms with Gasteiger partial charge >= 0.3 is 5.97 Å². The van der Waals surface area contributed by atoms with Crippen LogP contribution in [-0.2, 0) is 9.53 Å². The van der Waals surface area contributed by atoms with E-state index in [1.165, 1.54) is 11.3 Å². The lowest BCUT2D eigenvalue weighted by Gasteiger charge is -2.13. The third-order valence-electron chi connectivity index (χ3n) is 4.12. The van der Waals surface area contributed by atoms with Gasteiger partial charge in [-0.15, -0.1) is 22.7 Å². The third kappa shape index (κ3) is 3.95. The Labute approximate surface area is 169 Å². The lowest BCUT2D eigenvalue weighted by atomic mass is 10.1. The quantitative estimate of drug-likeness (QED) is 0.460. The van der Waals surface area contributed by atoms with E-state index in [0.717, 1.165) is 20.7 Å². The molecule has 0 saturated carbocycles. The molecule has 0 aliphatic carbocycles. The zero-order valence-electron chi connectivity index (χ0n) is 14.9.